The SMILES string of the molecule is Nc1nccnc1C(=O)NC[C@H]1CCc2nc(C(F)(F)F)cn2C1. The summed E-state index contributed by atoms with van der Waals surface area (Å²) in [6, 6.07) is 0. The van der Waals surface area contributed by atoms with Crippen molar-refractivity contribution < 1.29 is 18.0 Å². The summed E-state index contributed by atoms with van der Waals surface area (Å²) in [7, 11) is 0. The molecule has 3 N–H and O–H groups in total. The van der Waals surface area contributed by atoms with Crippen LogP contribution in [0.25, 0.3) is 0 Å². The Kier molecular flexibility index (Phi) is 4.12. The van der Waals surface area contributed by atoms with Crippen LogP contribution in [0, 0.1) is 5.92 Å². The quantitative estimate of drug-likeness (QED) is 0.877. The minimum absolute atomic E-state index is 0.00892. The number of hydrogen-bond acceptors (Lipinski definition) is 5. The first-order valence-corrected chi connectivity index (χ1v) is 7.32. The summed E-state index contributed by atoms with van der Waals surface area (Å²) in [4.78, 5) is 23.3. The fourth-order valence-electron chi connectivity index (χ4n) is 2.66. The molecule has 3 rings (SSSR count). The van der Waals surface area contributed by atoms with Gasteiger partial charge >= 0.3 is 6.18 Å². The average molecular weight is 340 g/mol. The Morgan fingerprint density at radius 1 is 1.38 bits per heavy atom. The number of halogens is 3. The first-order chi connectivity index (χ1) is 11.3. The number of nitrogen functional groups attached to an aromatic ring is 1. The van der Waals surface area contributed by atoms with Gasteiger partial charge in [-0.1, -0.05) is 0 Å². The Labute approximate surface area is 135 Å². The lowest BCUT2D eigenvalue weighted by atomic mass is 9.99. The number of nitrogens with zero attached hydrogens (tertiary/aromatic N) is 4. The topological polar surface area (TPSA) is 98.7 Å². The number of alkyl halides is 3. The molecule has 2 aromatic heterocycles. The molecule has 24 heavy (non-hydrogen) atoms. The van der Waals surface area contributed by atoms with Crippen molar-refractivity contribution in [2.24, 2.45) is 5.92 Å². The summed E-state index contributed by atoms with van der Waals surface area (Å²) in [6.07, 6.45) is 0.393. The van der Waals surface area contributed by atoms with Gasteiger partial charge in [-0.05, 0) is 12.3 Å². The van der Waals surface area contributed by atoms with Gasteiger partial charge in [0.25, 0.3) is 5.91 Å². The highest BCUT2D eigenvalue weighted by Crippen LogP contribution is 2.30. The van der Waals surface area contributed by atoms with E-state index in [1.165, 1.54) is 17.0 Å². The van der Waals surface area contributed by atoms with Crippen LogP contribution in [0.4, 0.5) is 19.0 Å². The fourth-order valence-corrected chi connectivity index (χ4v) is 2.66. The van der Waals surface area contributed by atoms with Crippen molar-refractivity contribution in [3.05, 3.63) is 35.8 Å². The van der Waals surface area contributed by atoms with E-state index in [2.05, 4.69) is 20.3 Å². The zero-order chi connectivity index (χ0) is 17.3. The highest BCUT2D eigenvalue weighted by molar-refractivity contribution is 5.96. The molecule has 0 saturated heterocycles. The van der Waals surface area contributed by atoms with Crippen LogP contribution in [0.2, 0.25) is 0 Å². The normalized spacial score (nSPS) is 17.4. The van der Waals surface area contributed by atoms with Crippen molar-refractivity contribution in [1.82, 2.24) is 24.8 Å². The predicted octanol–water partition coefficient (Wildman–Crippen LogP) is 1.27. The zero-order valence-electron chi connectivity index (χ0n) is 12.5. The number of imidazole rings is 1. The minimum Gasteiger partial charge on any atom is -0.382 e. The van der Waals surface area contributed by atoms with Crippen LogP contribution >= 0.6 is 0 Å². The van der Waals surface area contributed by atoms with Crippen molar-refractivity contribution in [1.29, 1.82) is 0 Å². The summed E-state index contributed by atoms with van der Waals surface area (Å²) in [5.41, 5.74) is 4.74. The molecule has 1 amide bonds. The Morgan fingerprint density at radius 3 is 2.83 bits per heavy atom. The van der Waals surface area contributed by atoms with Crippen molar-refractivity contribution >= 4 is 11.7 Å². The van der Waals surface area contributed by atoms with Crippen LogP contribution in [-0.4, -0.2) is 32.0 Å². The lowest BCUT2D eigenvalue weighted by Crippen LogP contribution is -2.34. The van der Waals surface area contributed by atoms with Crippen molar-refractivity contribution in [3.8, 4) is 0 Å². The van der Waals surface area contributed by atoms with E-state index in [-0.39, 0.29) is 17.4 Å². The third-order valence-corrected chi connectivity index (χ3v) is 3.87. The standard InChI is InChI=1S/C14H15F3N6O/c15-14(16,17)9-7-23-6-8(1-2-10(23)22-9)5-21-13(24)11-12(18)20-4-3-19-11/h3-4,7-8H,1-2,5-6H2,(H2,18,20)(H,21,24)/t8-/m1/s1. The van der Waals surface area contributed by atoms with E-state index in [0.29, 0.717) is 31.8 Å². The third-order valence-electron chi connectivity index (χ3n) is 3.87. The fraction of sp³-hybridized carbons (Fsp3) is 0.429. The van der Waals surface area contributed by atoms with Crippen LogP contribution in [0.5, 0.6) is 0 Å². The highest BCUT2D eigenvalue weighted by Gasteiger charge is 2.35. The maximum absolute atomic E-state index is 12.7. The second kappa shape index (κ2) is 6.10. The molecule has 0 aromatic carbocycles. The van der Waals surface area contributed by atoms with Crippen LogP contribution in [-0.2, 0) is 19.1 Å². The van der Waals surface area contributed by atoms with Crippen LogP contribution in [0.1, 0.15) is 28.4 Å². The molecule has 0 fully saturated rings. The number of hydrogen-bond donors (Lipinski definition) is 2. The summed E-state index contributed by atoms with van der Waals surface area (Å²) in [6.45, 7) is 0.683. The lowest BCUT2D eigenvalue weighted by Gasteiger charge is -2.23. The van der Waals surface area contributed by atoms with Gasteiger partial charge in [0.1, 0.15) is 5.82 Å². The van der Waals surface area contributed by atoms with Crippen LogP contribution in [0.15, 0.2) is 18.6 Å². The highest BCUT2D eigenvalue weighted by atomic mass is 19.4. The number of carbonyl (C=O) groups is 1. The Balaban J connectivity index is 1.61. The number of rotatable bonds is 3. The summed E-state index contributed by atoms with van der Waals surface area (Å²) in [5, 5.41) is 2.70. The second-order valence-electron chi connectivity index (χ2n) is 5.60. The largest absolute Gasteiger partial charge is 0.434 e. The Hall–Kier alpha value is -2.65. The number of fused-ring (bicyclic) bond motifs is 1. The maximum Gasteiger partial charge on any atom is 0.434 e. The molecule has 7 nitrogen and oxygen atoms in total. The molecule has 0 bridgehead atoms. The molecule has 3 heterocycles. The van der Waals surface area contributed by atoms with E-state index >= 15 is 0 Å². The predicted molar refractivity (Wildman–Crippen MR) is 77.8 cm³/mol. The first kappa shape index (κ1) is 16.2. The van der Waals surface area contributed by atoms with E-state index in [4.69, 9.17) is 5.73 Å². The van der Waals surface area contributed by atoms with Crippen molar-refractivity contribution in [2.75, 3.05) is 12.3 Å². The van der Waals surface area contributed by atoms with E-state index in [1.807, 2.05) is 0 Å². The number of aromatic nitrogens is 4. The minimum atomic E-state index is -4.45. The molecular formula is C14H15F3N6O. The van der Waals surface area contributed by atoms with Gasteiger partial charge in [-0.3, -0.25) is 4.79 Å². The molecule has 0 radical (unpaired) electrons. The molecule has 0 unspecified atom stereocenters. The summed E-state index contributed by atoms with van der Waals surface area (Å²) < 4.78 is 39.6. The van der Waals surface area contributed by atoms with Gasteiger partial charge in [-0.15, -0.1) is 0 Å². The average Bonchev–Trinajstić information content (AvgIpc) is 2.96. The monoisotopic (exact) mass is 340 g/mol. The zero-order valence-corrected chi connectivity index (χ0v) is 12.5. The molecule has 1 atom stereocenters. The number of aryl methyl sites for hydroxylation is 1. The number of nitrogens with two attached hydrogens (primary N) is 1. The molecule has 1 aliphatic rings. The van der Waals surface area contributed by atoms with E-state index in [9.17, 15) is 18.0 Å². The van der Waals surface area contributed by atoms with Crippen LogP contribution < -0.4 is 11.1 Å². The molecule has 1 aliphatic heterocycles. The van der Waals surface area contributed by atoms with Crippen LogP contribution in [0.3, 0.4) is 0 Å². The van der Waals surface area contributed by atoms with Gasteiger partial charge in [0.15, 0.2) is 17.2 Å². The number of anilines is 1. The molecule has 0 aliphatic carbocycles. The van der Waals surface area contributed by atoms with Gasteiger partial charge in [0, 0.05) is 38.1 Å². The molecule has 2 aromatic rings. The van der Waals surface area contributed by atoms with E-state index in [1.54, 1.807) is 0 Å². The van der Waals surface area contributed by atoms with E-state index in [0.717, 1.165) is 6.20 Å². The molecule has 128 valence electrons. The van der Waals surface area contributed by atoms with Crippen molar-refractivity contribution in [3.63, 3.8) is 0 Å². The Morgan fingerprint density at radius 2 is 2.12 bits per heavy atom. The molecule has 0 saturated carbocycles. The van der Waals surface area contributed by atoms with Gasteiger partial charge in [0.05, 0.1) is 0 Å². The second-order valence-corrected chi connectivity index (χ2v) is 5.60. The number of nitrogens with one attached hydrogen (secondary N) is 1. The van der Waals surface area contributed by atoms with Gasteiger partial charge in [-0.2, -0.15) is 13.2 Å². The first-order valence-electron chi connectivity index (χ1n) is 7.32. The molecule has 0 spiro atoms. The molecular weight excluding hydrogens is 325 g/mol. The van der Waals surface area contributed by atoms with E-state index < -0.39 is 17.8 Å². The van der Waals surface area contributed by atoms with Gasteiger partial charge < -0.3 is 15.6 Å². The smallest absolute Gasteiger partial charge is 0.382 e. The number of amides is 1. The Bertz CT molecular complexity index is 757. The van der Waals surface area contributed by atoms with Gasteiger partial charge in [-0.25, -0.2) is 15.0 Å². The molecule has 10 heteroatoms. The number of carbonyl (C=O) groups excluding carboxylic acids is 1. The van der Waals surface area contributed by atoms with Gasteiger partial charge in [0.2, 0.25) is 0 Å². The summed E-state index contributed by atoms with van der Waals surface area (Å²) in [5.74, 6) is 0.0102. The maximum atomic E-state index is 12.7. The van der Waals surface area contributed by atoms with Crippen molar-refractivity contribution in [2.45, 2.75) is 25.6 Å². The third kappa shape index (κ3) is 3.31. The lowest BCUT2D eigenvalue weighted by molar-refractivity contribution is -0.141. The summed E-state index contributed by atoms with van der Waals surface area (Å²) >= 11 is 0.